The number of anilines is 2. The Morgan fingerprint density at radius 2 is 0.927 bits per heavy atom. The molecule has 0 aromatic heterocycles. The van der Waals surface area contributed by atoms with E-state index in [4.69, 9.17) is 9.47 Å². The van der Waals surface area contributed by atoms with Crippen molar-refractivity contribution in [2.75, 3.05) is 64.1 Å². The van der Waals surface area contributed by atoms with E-state index in [2.05, 4.69) is 42.5 Å². The number of hydrogen-bond donors (Lipinski definition) is 8. The van der Waals surface area contributed by atoms with Gasteiger partial charge in [0.15, 0.2) is 0 Å². The van der Waals surface area contributed by atoms with Crippen molar-refractivity contribution in [3.63, 3.8) is 0 Å². The quantitative estimate of drug-likeness (QED) is 0.0421. The molecule has 8 N–H and O–H groups in total. The van der Waals surface area contributed by atoms with E-state index in [1.54, 1.807) is 37.7 Å². The molecule has 82 heavy (non-hydrogen) atoms. The van der Waals surface area contributed by atoms with E-state index in [1.807, 2.05) is 48.5 Å². The summed E-state index contributed by atoms with van der Waals surface area (Å²) in [7, 11) is 3.43. The van der Waals surface area contributed by atoms with Gasteiger partial charge in [0.05, 0.1) is 36.4 Å². The lowest BCUT2D eigenvalue weighted by molar-refractivity contribution is -0.143. The number of likely N-dealkylation sites (N-methyl/N-ethyl adjacent to an activating group) is 2. The molecule has 0 radical (unpaired) electrons. The Morgan fingerprint density at radius 3 is 1.32 bits per heavy atom. The van der Waals surface area contributed by atoms with Crippen LogP contribution in [-0.4, -0.2) is 147 Å². The molecule has 2 saturated carbocycles. The van der Waals surface area contributed by atoms with Crippen LogP contribution in [-0.2, 0) is 51.1 Å². The zero-order valence-electron chi connectivity index (χ0n) is 48.5. The van der Waals surface area contributed by atoms with Crippen LogP contribution >= 0.6 is 0 Å². The smallest absolute Gasteiger partial charge is 0.253 e. The summed E-state index contributed by atoms with van der Waals surface area (Å²) in [5, 5.41) is 24.9. The Labute approximate surface area is 482 Å². The van der Waals surface area contributed by atoms with E-state index in [9.17, 15) is 38.4 Å². The van der Waals surface area contributed by atoms with E-state index >= 15 is 0 Å². The van der Waals surface area contributed by atoms with Gasteiger partial charge in [0, 0.05) is 52.2 Å². The van der Waals surface area contributed by atoms with Crippen molar-refractivity contribution in [1.29, 1.82) is 0 Å². The van der Waals surface area contributed by atoms with E-state index in [0.29, 0.717) is 90.8 Å². The zero-order valence-corrected chi connectivity index (χ0v) is 48.5. The van der Waals surface area contributed by atoms with Crippen LogP contribution in [0.15, 0.2) is 58.1 Å². The summed E-state index contributed by atoms with van der Waals surface area (Å²) >= 11 is 0. The first kappa shape index (κ1) is 60.4. The van der Waals surface area contributed by atoms with Crippen LogP contribution in [0, 0.1) is 11.8 Å². The van der Waals surface area contributed by atoms with Crippen LogP contribution in [0.4, 0.5) is 11.4 Å². The molecule has 20 heteroatoms. The third-order valence-corrected chi connectivity index (χ3v) is 18.5. The van der Waals surface area contributed by atoms with E-state index in [-0.39, 0.29) is 70.9 Å². The fourth-order valence-corrected chi connectivity index (χ4v) is 13.5. The number of amides is 6. The SMILES string of the molecule is CN[C@@H](C)C(=O)N[C@H](C(=O)N1CCC[C@H]1C(=O)N[C@H]1c2ccccc2C[C@H]1OCCCNc1c(NCCCO[C@@H]2Cc3ccccc3[C@@H]2NC(=O)[C@@H]2CCCN2C(=O)[C@@H](NC(=O)[C@H](C)NC)C2CCCCC2)c(=O)c1=O)C1CCCCC1. The average Bonchev–Trinajstić information content (AvgIpc) is 4.51. The molecular formula is C62H88N10O10. The fourth-order valence-electron chi connectivity index (χ4n) is 13.5. The molecule has 3 aromatic carbocycles. The van der Waals surface area contributed by atoms with Gasteiger partial charge in [-0.1, -0.05) is 87.1 Å². The highest BCUT2D eigenvalue weighted by atomic mass is 16.5. The minimum Gasteiger partial charge on any atom is -0.380 e. The number of fused-ring (bicyclic) bond motifs is 2. The van der Waals surface area contributed by atoms with Gasteiger partial charge in [-0.2, -0.15) is 0 Å². The Morgan fingerprint density at radius 1 is 0.537 bits per heavy atom. The maximum absolute atomic E-state index is 14.4. The van der Waals surface area contributed by atoms with Gasteiger partial charge < -0.3 is 61.8 Å². The number of carbonyl (C=O) groups excluding carboxylic acids is 6. The third-order valence-electron chi connectivity index (χ3n) is 18.5. The molecule has 2 saturated heterocycles. The normalized spacial score (nSPS) is 24.2. The lowest BCUT2D eigenvalue weighted by Crippen LogP contribution is -2.58. The van der Waals surface area contributed by atoms with Crippen LogP contribution in [0.25, 0.3) is 0 Å². The Hall–Kier alpha value is -6.22. The van der Waals surface area contributed by atoms with Gasteiger partial charge in [-0.3, -0.25) is 38.4 Å². The third kappa shape index (κ3) is 13.9. The highest BCUT2D eigenvalue weighted by molar-refractivity contribution is 5.95. The molecule has 2 heterocycles. The molecular weight excluding hydrogens is 1040 g/mol. The molecule has 3 aromatic rings. The average molecular weight is 1130 g/mol. The van der Waals surface area contributed by atoms with Gasteiger partial charge in [-0.05, 0) is 126 Å². The van der Waals surface area contributed by atoms with Crippen molar-refractivity contribution in [3.05, 3.63) is 91.2 Å². The van der Waals surface area contributed by atoms with Gasteiger partial charge in [0.25, 0.3) is 10.9 Å². The summed E-state index contributed by atoms with van der Waals surface area (Å²) in [5.41, 5.74) is 3.37. The lowest BCUT2D eigenvalue weighted by atomic mass is 9.83. The van der Waals surface area contributed by atoms with Crippen LogP contribution < -0.4 is 53.4 Å². The molecule has 0 bridgehead atoms. The molecule has 10 atom stereocenters. The first-order valence-electron chi connectivity index (χ1n) is 30.6. The van der Waals surface area contributed by atoms with Gasteiger partial charge in [0.1, 0.15) is 35.5 Å². The molecule has 4 aliphatic carbocycles. The van der Waals surface area contributed by atoms with Crippen molar-refractivity contribution in [2.24, 2.45) is 11.8 Å². The van der Waals surface area contributed by atoms with Crippen molar-refractivity contribution in [3.8, 4) is 0 Å². The minimum atomic E-state index is -0.694. The molecule has 9 rings (SSSR count). The molecule has 20 nitrogen and oxygen atoms in total. The standard InChI is InChI=1S/C62H88N10O10/c1-37(63-3)57(75)67-49(39-19-7-5-8-20-39)61(79)71-31-15-27-45(71)59(77)69-51-43-25-13-11-23-41(43)35-47(51)81-33-17-29-65-53-54(56(74)55(53)73)66-30-18-34-82-48-36-42-24-12-14-26-44(42)52(48)70-60(78)46-28-16-32-72(46)62(80)50(40-21-9-6-10-22-40)68-58(76)38(2)64-4/h11-14,23-26,37-40,45-52,63-66H,5-10,15-22,27-36H2,1-4H3,(H,67,75)(H,68,76)(H,69,77)(H,70,78)/t37-,38-,45-,46-,47+,48+,49-,50-,51-,52-/m0/s1. The van der Waals surface area contributed by atoms with Gasteiger partial charge in [0.2, 0.25) is 35.4 Å². The maximum Gasteiger partial charge on any atom is 0.253 e. The first-order valence-corrected chi connectivity index (χ1v) is 30.6. The Bertz CT molecular complexity index is 2610. The summed E-state index contributed by atoms with van der Waals surface area (Å²) in [6.07, 6.45) is 13.5. The number of nitrogens with zero attached hydrogens (tertiary/aromatic N) is 2. The summed E-state index contributed by atoms with van der Waals surface area (Å²) in [4.78, 5) is 112. The summed E-state index contributed by atoms with van der Waals surface area (Å²) < 4.78 is 12.9. The highest BCUT2D eigenvalue weighted by Gasteiger charge is 2.45. The summed E-state index contributed by atoms with van der Waals surface area (Å²) in [6.45, 7) is 5.77. The zero-order chi connectivity index (χ0) is 57.9. The second-order valence-corrected chi connectivity index (χ2v) is 23.7. The van der Waals surface area contributed by atoms with Crippen molar-refractivity contribution >= 4 is 46.8 Å². The predicted molar refractivity (Wildman–Crippen MR) is 313 cm³/mol. The number of rotatable bonds is 26. The van der Waals surface area contributed by atoms with E-state index < -0.39 is 59.2 Å². The molecule has 0 unspecified atom stereocenters. The number of hydrogen-bond acceptors (Lipinski definition) is 14. The Balaban J connectivity index is 0.740. The van der Waals surface area contributed by atoms with Gasteiger partial charge >= 0.3 is 0 Å². The van der Waals surface area contributed by atoms with Gasteiger partial charge in [-0.25, -0.2) is 0 Å². The Kier molecular flexibility index (Phi) is 20.9. The fraction of sp³-hybridized carbons (Fsp3) is 0.645. The molecule has 4 fully saturated rings. The van der Waals surface area contributed by atoms with Gasteiger partial charge in [-0.15, -0.1) is 0 Å². The van der Waals surface area contributed by atoms with Crippen LogP contribution in [0.1, 0.15) is 151 Å². The number of likely N-dealkylation sites (tertiary alicyclic amines) is 2. The predicted octanol–water partition coefficient (Wildman–Crippen LogP) is 3.81. The number of nitrogens with one attached hydrogen (secondary N) is 8. The lowest BCUT2D eigenvalue weighted by Gasteiger charge is -2.35. The molecule has 0 spiro atoms. The second-order valence-electron chi connectivity index (χ2n) is 23.7. The number of ether oxygens (including phenoxy) is 2. The highest BCUT2D eigenvalue weighted by Crippen LogP contribution is 2.37. The monoisotopic (exact) mass is 1130 g/mol. The van der Waals surface area contributed by atoms with Crippen LogP contribution in [0.2, 0.25) is 0 Å². The second kappa shape index (κ2) is 28.4. The summed E-state index contributed by atoms with van der Waals surface area (Å²) in [6, 6.07) is 11.3. The molecule has 6 aliphatic rings. The van der Waals surface area contributed by atoms with Crippen molar-refractivity contribution in [1.82, 2.24) is 41.7 Å². The van der Waals surface area contributed by atoms with Crippen molar-refractivity contribution < 1.29 is 38.2 Å². The largest absolute Gasteiger partial charge is 0.380 e. The molecule has 2 aliphatic heterocycles. The minimum absolute atomic E-state index is 0.0126. The number of benzene rings is 2. The maximum atomic E-state index is 14.4. The first-order chi connectivity index (χ1) is 39.8. The topological polar surface area (TPSA) is 258 Å². The van der Waals surface area contributed by atoms with E-state index in [0.717, 1.165) is 86.5 Å². The van der Waals surface area contributed by atoms with Crippen molar-refractivity contribution in [2.45, 2.75) is 190 Å². The molecule has 446 valence electrons. The van der Waals surface area contributed by atoms with E-state index in [1.165, 1.54) is 0 Å². The summed E-state index contributed by atoms with van der Waals surface area (Å²) in [5.74, 6) is -1.32. The van der Waals surface area contributed by atoms with Crippen LogP contribution in [0.3, 0.4) is 0 Å². The van der Waals surface area contributed by atoms with Crippen LogP contribution in [0.5, 0.6) is 0 Å². The molecule has 6 amide bonds. The number of carbonyl (C=O) groups is 6.